The number of para-hydroxylation sites is 3. The van der Waals surface area contributed by atoms with Gasteiger partial charge in [-0.15, -0.1) is 0 Å². The van der Waals surface area contributed by atoms with Crippen LogP contribution in [0.5, 0.6) is 0 Å². The first-order valence-electron chi connectivity index (χ1n) is 7.92. The van der Waals surface area contributed by atoms with Crippen molar-refractivity contribution in [2.45, 2.75) is 0 Å². The minimum Gasteiger partial charge on any atom is -0.443 e. The summed E-state index contributed by atoms with van der Waals surface area (Å²) in [5, 5.41) is 0. The van der Waals surface area contributed by atoms with E-state index < -0.39 is 0 Å². The normalized spacial score (nSPS) is 11.2. The molecule has 0 atom stereocenters. The Bertz CT molecular complexity index is 1130. The first kappa shape index (κ1) is 13.8. The second kappa shape index (κ2) is 5.49. The van der Waals surface area contributed by atoms with Crippen molar-refractivity contribution >= 4 is 39.6 Å². The molecule has 5 aromatic rings. The summed E-state index contributed by atoms with van der Waals surface area (Å²) in [6, 6.07) is 24.0. The topological polar surface area (TPSA) is 55.3 Å². The molecule has 0 aliphatic rings. The first-order chi connectivity index (χ1) is 12.4. The van der Waals surface area contributed by atoms with Gasteiger partial charge in [-0.25, -0.2) is 4.98 Å². The fourth-order valence-corrected chi connectivity index (χ4v) is 2.89. The van der Waals surface area contributed by atoms with E-state index in [1.54, 1.807) is 0 Å². The Morgan fingerprint density at radius 3 is 2.44 bits per heavy atom. The molecule has 0 N–H and O–H groups in total. The van der Waals surface area contributed by atoms with E-state index in [1.807, 2.05) is 77.7 Å². The summed E-state index contributed by atoms with van der Waals surface area (Å²) in [5.74, 6) is 0. The molecule has 5 rings (SSSR count). The molecular weight excluding hydrogens is 314 g/mol. The SMILES string of the molecule is c1ccc(N(c2ccc3ncoc3c2)c2nc3ccccc3o2)cc1. The summed E-state index contributed by atoms with van der Waals surface area (Å²) in [7, 11) is 0. The van der Waals surface area contributed by atoms with Gasteiger partial charge in [-0.05, 0) is 36.4 Å². The Labute approximate surface area is 143 Å². The van der Waals surface area contributed by atoms with Gasteiger partial charge in [-0.1, -0.05) is 30.3 Å². The van der Waals surface area contributed by atoms with E-state index in [-0.39, 0.29) is 0 Å². The summed E-state index contributed by atoms with van der Waals surface area (Å²) in [4.78, 5) is 10.8. The minimum atomic E-state index is 0.506. The Morgan fingerprint density at radius 1 is 0.720 bits per heavy atom. The van der Waals surface area contributed by atoms with E-state index in [0.29, 0.717) is 6.01 Å². The van der Waals surface area contributed by atoms with E-state index in [2.05, 4.69) is 9.97 Å². The summed E-state index contributed by atoms with van der Waals surface area (Å²) >= 11 is 0. The van der Waals surface area contributed by atoms with Crippen molar-refractivity contribution in [1.82, 2.24) is 9.97 Å². The van der Waals surface area contributed by atoms with Crippen LogP contribution in [-0.4, -0.2) is 9.97 Å². The fraction of sp³-hybridized carbons (Fsp3) is 0. The van der Waals surface area contributed by atoms with Crippen molar-refractivity contribution in [3.05, 3.63) is 79.2 Å². The van der Waals surface area contributed by atoms with E-state index in [9.17, 15) is 0 Å². The molecule has 0 saturated carbocycles. The fourth-order valence-electron chi connectivity index (χ4n) is 2.89. The number of oxazole rings is 2. The van der Waals surface area contributed by atoms with Crippen molar-refractivity contribution in [3.63, 3.8) is 0 Å². The van der Waals surface area contributed by atoms with Crippen LogP contribution < -0.4 is 4.90 Å². The van der Waals surface area contributed by atoms with Gasteiger partial charge < -0.3 is 8.83 Å². The van der Waals surface area contributed by atoms with Crippen molar-refractivity contribution in [2.75, 3.05) is 4.90 Å². The van der Waals surface area contributed by atoms with Gasteiger partial charge in [-0.2, -0.15) is 4.98 Å². The quantitative estimate of drug-likeness (QED) is 0.442. The summed E-state index contributed by atoms with van der Waals surface area (Å²) < 4.78 is 11.5. The highest BCUT2D eigenvalue weighted by Crippen LogP contribution is 2.36. The average Bonchev–Trinajstić information content (AvgIpc) is 3.29. The maximum atomic E-state index is 6.00. The zero-order chi connectivity index (χ0) is 16.6. The molecule has 0 unspecified atom stereocenters. The van der Waals surface area contributed by atoms with E-state index in [4.69, 9.17) is 8.83 Å². The van der Waals surface area contributed by atoms with Crippen LogP contribution in [0.1, 0.15) is 0 Å². The van der Waals surface area contributed by atoms with Gasteiger partial charge >= 0.3 is 6.01 Å². The van der Waals surface area contributed by atoms with Crippen LogP contribution in [0.15, 0.2) is 88.0 Å². The number of fused-ring (bicyclic) bond motifs is 2. The lowest BCUT2D eigenvalue weighted by molar-refractivity contribution is 0.601. The smallest absolute Gasteiger partial charge is 0.307 e. The van der Waals surface area contributed by atoms with Gasteiger partial charge in [-0.3, -0.25) is 4.90 Å². The van der Waals surface area contributed by atoms with Crippen LogP contribution in [0.3, 0.4) is 0 Å². The zero-order valence-corrected chi connectivity index (χ0v) is 13.2. The van der Waals surface area contributed by atoms with Crippen LogP contribution in [0, 0.1) is 0 Å². The van der Waals surface area contributed by atoms with Gasteiger partial charge in [0.25, 0.3) is 0 Å². The van der Waals surface area contributed by atoms with Crippen LogP contribution in [0.25, 0.3) is 22.2 Å². The van der Waals surface area contributed by atoms with E-state index >= 15 is 0 Å². The molecule has 3 aromatic carbocycles. The van der Waals surface area contributed by atoms with Crippen LogP contribution >= 0.6 is 0 Å². The molecule has 5 heteroatoms. The lowest BCUT2D eigenvalue weighted by Gasteiger charge is -2.20. The summed E-state index contributed by atoms with van der Waals surface area (Å²) in [6.45, 7) is 0. The lowest BCUT2D eigenvalue weighted by Crippen LogP contribution is -2.09. The third kappa shape index (κ3) is 2.33. The molecule has 0 aliphatic carbocycles. The molecular formula is C20H13N3O2. The molecule has 0 saturated heterocycles. The van der Waals surface area contributed by atoms with Gasteiger partial charge in [0.2, 0.25) is 0 Å². The molecule has 120 valence electrons. The highest BCUT2D eigenvalue weighted by atomic mass is 16.4. The van der Waals surface area contributed by atoms with Gasteiger partial charge in [0, 0.05) is 6.07 Å². The Balaban J connectivity index is 1.73. The number of rotatable bonds is 3. The predicted octanol–water partition coefficient (Wildman–Crippen LogP) is 5.44. The number of aromatic nitrogens is 2. The Kier molecular flexibility index (Phi) is 3.03. The average molecular weight is 327 g/mol. The zero-order valence-electron chi connectivity index (χ0n) is 13.2. The number of hydrogen-bond donors (Lipinski definition) is 0. The molecule has 25 heavy (non-hydrogen) atoms. The number of hydrogen-bond acceptors (Lipinski definition) is 5. The highest BCUT2D eigenvalue weighted by Gasteiger charge is 2.19. The lowest BCUT2D eigenvalue weighted by atomic mass is 10.2. The molecule has 0 bridgehead atoms. The van der Waals surface area contributed by atoms with Gasteiger partial charge in [0.15, 0.2) is 17.6 Å². The number of nitrogens with zero attached hydrogens (tertiary/aromatic N) is 3. The monoisotopic (exact) mass is 327 g/mol. The molecule has 0 amide bonds. The van der Waals surface area contributed by atoms with Crippen molar-refractivity contribution in [3.8, 4) is 0 Å². The van der Waals surface area contributed by atoms with E-state index in [1.165, 1.54) is 6.39 Å². The largest absolute Gasteiger partial charge is 0.443 e. The third-order valence-electron chi connectivity index (χ3n) is 4.06. The molecule has 0 aliphatic heterocycles. The molecule has 0 spiro atoms. The van der Waals surface area contributed by atoms with Gasteiger partial charge in [0.1, 0.15) is 11.0 Å². The Morgan fingerprint density at radius 2 is 1.56 bits per heavy atom. The van der Waals surface area contributed by atoms with Crippen molar-refractivity contribution in [2.24, 2.45) is 0 Å². The second-order valence-corrected chi connectivity index (χ2v) is 5.64. The van der Waals surface area contributed by atoms with Crippen LogP contribution in [-0.2, 0) is 0 Å². The maximum Gasteiger partial charge on any atom is 0.307 e. The summed E-state index contributed by atoms with van der Waals surface area (Å²) in [6.07, 6.45) is 1.45. The highest BCUT2D eigenvalue weighted by molar-refractivity contribution is 5.84. The van der Waals surface area contributed by atoms with Crippen molar-refractivity contribution < 1.29 is 8.83 Å². The summed E-state index contributed by atoms with van der Waals surface area (Å²) in [5.41, 5.74) is 4.94. The first-order valence-corrected chi connectivity index (χ1v) is 7.92. The van der Waals surface area contributed by atoms with Crippen molar-refractivity contribution in [1.29, 1.82) is 0 Å². The second-order valence-electron chi connectivity index (χ2n) is 5.64. The van der Waals surface area contributed by atoms with Gasteiger partial charge in [0.05, 0.1) is 11.4 Å². The molecule has 0 fully saturated rings. The predicted molar refractivity (Wildman–Crippen MR) is 96.3 cm³/mol. The molecule has 2 aromatic heterocycles. The third-order valence-corrected chi connectivity index (χ3v) is 4.06. The standard InChI is InChI=1S/C20H13N3O2/c1-2-6-14(7-3-1)23(15-10-11-16-19(12-15)24-13-21-16)20-22-17-8-4-5-9-18(17)25-20/h1-13H. The molecule has 2 heterocycles. The van der Waals surface area contributed by atoms with Crippen LogP contribution in [0.2, 0.25) is 0 Å². The maximum absolute atomic E-state index is 6.00. The number of anilines is 3. The van der Waals surface area contributed by atoms with Crippen LogP contribution in [0.4, 0.5) is 17.4 Å². The molecule has 5 nitrogen and oxygen atoms in total. The molecule has 0 radical (unpaired) electrons. The minimum absolute atomic E-state index is 0.506. The number of benzene rings is 3. The van der Waals surface area contributed by atoms with E-state index in [0.717, 1.165) is 33.6 Å². The Hall–Kier alpha value is -3.60.